The minimum absolute atomic E-state index is 0.0155. The summed E-state index contributed by atoms with van der Waals surface area (Å²) in [6, 6.07) is 8.24. The molecule has 1 fully saturated rings. The lowest BCUT2D eigenvalue weighted by Crippen LogP contribution is -2.41. The molecule has 156 valence electrons. The van der Waals surface area contributed by atoms with Crippen molar-refractivity contribution in [2.75, 3.05) is 4.90 Å². The number of benzene rings is 2. The van der Waals surface area contributed by atoms with Gasteiger partial charge in [0.05, 0.1) is 21.4 Å². The van der Waals surface area contributed by atoms with Crippen LogP contribution in [0.25, 0.3) is 0 Å². The molecule has 0 atom stereocenters. The summed E-state index contributed by atoms with van der Waals surface area (Å²) in [7, 11) is -3.70. The Bertz CT molecular complexity index is 1020. The van der Waals surface area contributed by atoms with Gasteiger partial charge in [0.15, 0.2) is 9.84 Å². The van der Waals surface area contributed by atoms with Gasteiger partial charge in [0.25, 0.3) is 0 Å². The van der Waals surface area contributed by atoms with Crippen molar-refractivity contribution in [3.05, 3.63) is 57.8 Å². The van der Waals surface area contributed by atoms with Crippen LogP contribution in [0.4, 0.5) is 10.1 Å². The lowest BCUT2D eigenvalue weighted by atomic mass is 9.94. The number of nitrogens with zero attached hydrogens (tertiary/aromatic N) is 1. The van der Waals surface area contributed by atoms with Crippen LogP contribution in [-0.4, -0.2) is 20.4 Å². The fourth-order valence-electron chi connectivity index (χ4n) is 3.02. The van der Waals surface area contributed by atoms with Crippen molar-refractivity contribution in [3.63, 3.8) is 0 Å². The summed E-state index contributed by atoms with van der Waals surface area (Å²) in [6.45, 7) is 5.30. The lowest BCUT2D eigenvalue weighted by molar-refractivity contribution is -0.125. The van der Waals surface area contributed by atoms with Gasteiger partial charge in [-0.05, 0) is 54.8 Å². The fraction of sp³-hybridized carbons (Fsp3) is 0.381. The molecule has 8 heteroatoms. The Kier molecular flexibility index (Phi) is 6.01. The summed E-state index contributed by atoms with van der Waals surface area (Å²) in [6.07, 6.45) is 1.56. The third kappa shape index (κ3) is 4.93. The number of sulfone groups is 1. The van der Waals surface area contributed by atoms with Crippen molar-refractivity contribution in [1.82, 2.24) is 0 Å². The Morgan fingerprint density at radius 3 is 2.21 bits per heavy atom. The van der Waals surface area contributed by atoms with Crippen molar-refractivity contribution in [1.29, 1.82) is 0 Å². The number of carbonyl (C=O) groups is 1. The number of rotatable bonds is 5. The quantitative estimate of drug-likeness (QED) is 0.582. The maximum Gasteiger partial charge on any atom is 0.232 e. The first-order valence-corrected chi connectivity index (χ1v) is 11.6. The van der Waals surface area contributed by atoms with E-state index in [1.807, 2.05) is 0 Å². The SMILES string of the molecule is CC(C)(C)C(=O)N(c1c(F)cc(CS(=O)(=O)c2ccc(Cl)cc2)cc1Cl)C1CC1. The van der Waals surface area contributed by atoms with Crippen molar-refractivity contribution in [2.24, 2.45) is 5.41 Å². The molecule has 0 spiro atoms. The predicted molar refractivity (Wildman–Crippen MR) is 114 cm³/mol. The molecule has 2 aromatic rings. The molecule has 1 amide bonds. The third-order valence-corrected chi connectivity index (χ3v) is 6.86. The highest BCUT2D eigenvalue weighted by molar-refractivity contribution is 7.90. The molecule has 0 radical (unpaired) electrons. The molecular formula is C21H22Cl2FNO3S. The van der Waals surface area contributed by atoms with Gasteiger partial charge in [-0.2, -0.15) is 0 Å². The van der Waals surface area contributed by atoms with Crippen molar-refractivity contribution in [2.45, 2.75) is 50.3 Å². The summed E-state index contributed by atoms with van der Waals surface area (Å²) in [5, 5.41) is 0.446. The van der Waals surface area contributed by atoms with Crippen LogP contribution in [0, 0.1) is 11.2 Å². The van der Waals surface area contributed by atoms with Crippen molar-refractivity contribution >= 4 is 44.6 Å². The van der Waals surface area contributed by atoms with Crippen LogP contribution in [-0.2, 0) is 20.4 Å². The smallest absolute Gasteiger partial charge is 0.232 e. The molecule has 0 aromatic heterocycles. The summed E-state index contributed by atoms with van der Waals surface area (Å²) < 4.78 is 40.3. The van der Waals surface area contributed by atoms with Crippen LogP contribution in [0.3, 0.4) is 0 Å². The normalized spacial score (nSPS) is 14.7. The molecule has 29 heavy (non-hydrogen) atoms. The Labute approximate surface area is 180 Å². The van der Waals surface area contributed by atoms with Crippen LogP contribution >= 0.6 is 23.2 Å². The van der Waals surface area contributed by atoms with Crippen LogP contribution in [0.1, 0.15) is 39.2 Å². The van der Waals surface area contributed by atoms with Crippen LogP contribution in [0.2, 0.25) is 10.0 Å². The topological polar surface area (TPSA) is 54.5 Å². The largest absolute Gasteiger partial charge is 0.305 e. The Balaban J connectivity index is 1.95. The highest BCUT2D eigenvalue weighted by Crippen LogP contribution is 2.41. The number of halogens is 3. The van der Waals surface area contributed by atoms with E-state index in [0.717, 1.165) is 18.9 Å². The van der Waals surface area contributed by atoms with Gasteiger partial charge in [-0.25, -0.2) is 12.8 Å². The monoisotopic (exact) mass is 457 g/mol. The molecule has 0 aliphatic heterocycles. The first-order valence-electron chi connectivity index (χ1n) is 9.20. The highest BCUT2D eigenvalue weighted by atomic mass is 35.5. The van der Waals surface area contributed by atoms with E-state index < -0.39 is 26.8 Å². The van der Waals surface area contributed by atoms with Gasteiger partial charge in [-0.3, -0.25) is 4.79 Å². The van der Waals surface area contributed by atoms with Gasteiger partial charge < -0.3 is 4.90 Å². The van der Waals surface area contributed by atoms with Gasteiger partial charge in [-0.1, -0.05) is 44.0 Å². The molecule has 0 saturated heterocycles. The molecule has 2 aromatic carbocycles. The van der Waals surface area contributed by atoms with E-state index in [9.17, 15) is 13.2 Å². The van der Waals surface area contributed by atoms with E-state index >= 15 is 4.39 Å². The molecule has 0 bridgehead atoms. The molecule has 1 aliphatic carbocycles. The zero-order valence-electron chi connectivity index (χ0n) is 16.4. The third-order valence-electron chi connectivity index (χ3n) is 4.62. The highest BCUT2D eigenvalue weighted by Gasteiger charge is 2.40. The second-order valence-corrected chi connectivity index (χ2v) is 11.1. The second kappa shape index (κ2) is 7.89. The van der Waals surface area contributed by atoms with E-state index in [-0.39, 0.29) is 33.1 Å². The van der Waals surface area contributed by atoms with E-state index in [0.29, 0.717) is 5.02 Å². The van der Waals surface area contributed by atoms with Gasteiger partial charge >= 0.3 is 0 Å². The van der Waals surface area contributed by atoms with Crippen LogP contribution in [0.5, 0.6) is 0 Å². The van der Waals surface area contributed by atoms with E-state index in [2.05, 4.69) is 0 Å². The van der Waals surface area contributed by atoms with Gasteiger partial charge in [0.1, 0.15) is 5.82 Å². The van der Waals surface area contributed by atoms with Crippen molar-refractivity contribution < 1.29 is 17.6 Å². The second-order valence-electron chi connectivity index (χ2n) is 8.28. The van der Waals surface area contributed by atoms with E-state index in [4.69, 9.17) is 23.2 Å². The summed E-state index contributed by atoms with van der Waals surface area (Å²) >= 11 is 12.1. The molecule has 4 nitrogen and oxygen atoms in total. The number of amides is 1. The van der Waals surface area contributed by atoms with E-state index in [1.165, 1.54) is 35.2 Å². The van der Waals surface area contributed by atoms with Gasteiger partial charge in [-0.15, -0.1) is 0 Å². The Morgan fingerprint density at radius 2 is 1.72 bits per heavy atom. The van der Waals surface area contributed by atoms with Crippen LogP contribution < -0.4 is 4.90 Å². The maximum absolute atomic E-state index is 15.0. The van der Waals surface area contributed by atoms with Crippen molar-refractivity contribution in [3.8, 4) is 0 Å². The first-order chi connectivity index (χ1) is 13.4. The zero-order valence-corrected chi connectivity index (χ0v) is 18.7. The molecule has 0 N–H and O–H groups in total. The predicted octanol–water partition coefficient (Wildman–Crippen LogP) is 5.65. The average Bonchev–Trinajstić information content (AvgIpc) is 3.41. The molecule has 0 unspecified atom stereocenters. The summed E-state index contributed by atoms with van der Waals surface area (Å²) in [5.74, 6) is -1.34. The zero-order chi connectivity index (χ0) is 21.6. The fourth-order valence-corrected chi connectivity index (χ4v) is 4.79. The van der Waals surface area contributed by atoms with Crippen LogP contribution in [0.15, 0.2) is 41.3 Å². The van der Waals surface area contributed by atoms with Gasteiger partial charge in [0.2, 0.25) is 5.91 Å². The standard InChI is InChI=1S/C21H22Cl2FNO3S/c1-21(2,3)20(26)25(15-6-7-15)19-17(23)10-13(11-18(19)24)12-29(27,28)16-8-4-14(22)5-9-16/h4-5,8-11,15H,6-7,12H2,1-3H3. The first kappa shape index (κ1) is 22.1. The molecule has 1 aliphatic rings. The molecule has 0 heterocycles. The molecule has 3 rings (SSSR count). The number of carbonyl (C=O) groups excluding carboxylic acids is 1. The van der Waals surface area contributed by atoms with E-state index in [1.54, 1.807) is 20.8 Å². The molecule has 1 saturated carbocycles. The Morgan fingerprint density at radius 1 is 1.14 bits per heavy atom. The van der Waals surface area contributed by atoms with Gasteiger partial charge in [0, 0.05) is 16.5 Å². The number of hydrogen-bond donors (Lipinski definition) is 0. The summed E-state index contributed by atoms with van der Waals surface area (Å²) in [5.41, 5.74) is -0.471. The minimum Gasteiger partial charge on any atom is -0.305 e. The lowest BCUT2D eigenvalue weighted by Gasteiger charge is -2.30. The number of hydrogen-bond acceptors (Lipinski definition) is 3. The Hall–Kier alpha value is -1.63. The average molecular weight is 458 g/mol. The summed E-state index contributed by atoms with van der Waals surface area (Å²) in [4.78, 5) is 14.4. The minimum atomic E-state index is -3.70. The number of anilines is 1. The maximum atomic E-state index is 15.0. The molecular weight excluding hydrogens is 436 g/mol.